The van der Waals surface area contributed by atoms with Gasteiger partial charge in [0.1, 0.15) is 5.82 Å². The van der Waals surface area contributed by atoms with Crippen molar-refractivity contribution < 1.29 is 9.18 Å². The molecule has 0 amide bonds. The first-order valence-corrected chi connectivity index (χ1v) is 5.70. The third-order valence-electron chi connectivity index (χ3n) is 2.00. The fraction of sp³-hybridized carbons (Fsp3) is 0.250. The van der Waals surface area contributed by atoms with Crippen molar-refractivity contribution in [1.29, 1.82) is 0 Å². The van der Waals surface area contributed by atoms with Gasteiger partial charge in [-0.25, -0.2) is 4.39 Å². The molecule has 4 heteroatoms. The highest BCUT2D eigenvalue weighted by atomic mass is 79.9. The second-order valence-electron chi connectivity index (χ2n) is 3.38. The molecular formula is C12H13BrFNO. The van der Waals surface area contributed by atoms with Gasteiger partial charge in [0.25, 0.3) is 0 Å². The minimum atomic E-state index is -0.319. The van der Waals surface area contributed by atoms with Crippen LogP contribution < -0.4 is 5.32 Å². The fourth-order valence-electron chi connectivity index (χ4n) is 1.25. The molecule has 1 aromatic carbocycles. The van der Waals surface area contributed by atoms with Crippen LogP contribution in [0.4, 0.5) is 4.39 Å². The average molecular weight is 286 g/mol. The van der Waals surface area contributed by atoms with Crippen LogP contribution in [0.2, 0.25) is 0 Å². The Morgan fingerprint density at radius 1 is 1.56 bits per heavy atom. The molecule has 0 aromatic heterocycles. The van der Waals surface area contributed by atoms with Crippen molar-refractivity contribution in [3.05, 3.63) is 46.7 Å². The predicted molar refractivity (Wildman–Crippen MR) is 65.9 cm³/mol. The molecule has 0 unspecified atom stereocenters. The first-order chi connectivity index (χ1) is 7.63. The predicted octanol–water partition coefficient (Wildman–Crippen LogP) is 2.48. The van der Waals surface area contributed by atoms with Gasteiger partial charge in [-0.3, -0.25) is 4.79 Å². The van der Waals surface area contributed by atoms with E-state index in [1.807, 2.05) is 0 Å². The van der Waals surface area contributed by atoms with Crippen LogP contribution in [0.15, 0.2) is 35.3 Å². The third-order valence-corrected chi connectivity index (χ3v) is 2.60. The van der Waals surface area contributed by atoms with Crippen LogP contribution in [0.1, 0.15) is 5.56 Å². The first kappa shape index (κ1) is 13.1. The van der Waals surface area contributed by atoms with E-state index in [4.69, 9.17) is 0 Å². The molecule has 16 heavy (non-hydrogen) atoms. The van der Waals surface area contributed by atoms with E-state index in [9.17, 15) is 9.18 Å². The highest BCUT2D eigenvalue weighted by Crippen LogP contribution is 2.17. The van der Waals surface area contributed by atoms with Gasteiger partial charge in [-0.1, -0.05) is 12.1 Å². The lowest BCUT2D eigenvalue weighted by molar-refractivity contribution is -0.117. The van der Waals surface area contributed by atoms with Crippen LogP contribution in [-0.2, 0) is 11.2 Å². The van der Waals surface area contributed by atoms with E-state index in [0.29, 0.717) is 24.0 Å². The molecule has 0 saturated carbocycles. The van der Waals surface area contributed by atoms with Gasteiger partial charge >= 0.3 is 0 Å². The Morgan fingerprint density at radius 3 is 2.94 bits per heavy atom. The summed E-state index contributed by atoms with van der Waals surface area (Å²) >= 11 is 3.08. The number of Topliss-reactive ketones (excluding diaryl/α,β-unsaturated/α-hetero) is 1. The molecular weight excluding hydrogens is 273 g/mol. The summed E-state index contributed by atoms with van der Waals surface area (Å²) in [6.07, 6.45) is 2.00. The van der Waals surface area contributed by atoms with E-state index < -0.39 is 0 Å². The molecule has 1 aromatic rings. The number of nitrogens with one attached hydrogen (secondary N) is 1. The molecule has 2 nitrogen and oxygen atoms in total. The topological polar surface area (TPSA) is 29.1 Å². The van der Waals surface area contributed by atoms with Crippen LogP contribution in [0.3, 0.4) is 0 Å². The Labute approximate surface area is 103 Å². The molecule has 0 aliphatic rings. The van der Waals surface area contributed by atoms with E-state index in [1.165, 1.54) is 6.07 Å². The zero-order chi connectivity index (χ0) is 12.0. The first-order valence-electron chi connectivity index (χ1n) is 4.90. The van der Waals surface area contributed by atoms with Crippen LogP contribution >= 0.6 is 15.9 Å². The summed E-state index contributed by atoms with van der Waals surface area (Å²) < 4.78 is 13.3. The number of ketones is 1. The largest absolute Gasteiger partial charge is 0.307 e. The number of rotatable bonds is 6. The van der Waals surface area contributed by atoms with Gasteiger partial charge in [0.2, 0.25) is 0 Å². The molecule has 0 heterocycles. The molecule has 0 saturated heterocycles. The van der Waals surface area contributed by atoms with Gasteiger partial charge in [-0.05, 0) is 33.6 Å². The molecule has 0 aliphatic heterocycles. The number of carbonyl (C=O) groups excluding carboxylic acids is 1. The van der Waals surface area contributed by atoms with Crippen molar-refractivity contribution in [3.63, 3.8) is 0 Å². The summed E-state index contributed by atoms with van der Waals surface area (Å²) in [5, 5.41) is 2.93. The third kappa shape index (κ3) is 4.24. The zero-order valence-corrected chi connectivity index (χ0v) is 10.4. The van der Waals surface area contributed by atoms with Gasteiger partial charge < -0.3 is 5.32 Å². The quantitative estimate of drug-likeness (QED) is 0.643. The monoisotopic (exact) mass is 285 g/mol. The summed E-state index contributed by atoms with van der Waals surface area (Å²) in [5.41, 5.74) is 0.804. The van der Waals surface area contributed by atoms with Crippen molar-refractivity contribution in [3.8, 4) is 0 Å². The minimum Gasteiger partial charge on any atom is -0.307 e. The Bertz CT molecular complexity index is 393. The van der Waals surface area contributed by atoms with Crippen molar-refractivity contribution >= 4 is 21.7 Å². The molecule has 1 rings (SSSR count). The normalized spacial score (nSPS) is 10.1. The molecule has 0 radical (unpaired) electrons. The number of hydrogen-bond donors (Lipinski definition) is 1. The second-order valence-corrected chi connectivity index (χ2v) is 4.24. The maximum Gasteiger partial charge on any atom is 0.150 e. The Kier molecular flexibility index (Phi) is 5.35. The lowest BCUT2D eigenvalue weighted by Gasteiger charge is -2.03. The Hall–Kier alpha value is -1.00. The van der Waals surface area contributed by atoms with E-state index in [-0.39, 0.29) is 11.6 Å². The van der Waals surface area contributed by atoms with Gasteiger partial charge in [-0.15, -0.1) is 6.58 Å². The van der Waals surface area contributed by atoms with Crippen LogP contribution in [0, 0.1) is 5.82 Å². The van der Waals surface area contributed by atoms with Crippen LogP contribution in [-0.4, -0.2) is 18.9 Å². The molecule has 0 atom stereocenters. The van der Waals surface area contributed by atoms with E-state index in [2.05, 4.69) is 27.8 Å². The molecule has 0 fully saturated rings. The number of carbonyl (C=O) groups is 1. The van der Waals surface area contributed by atoms with Gasteiger partial charge in [0.05, 0.1) is 11.0 Å². The molecule has 0 bridgehead atoms. The summed E-state index contributed by atoms with van der Waals surface area (Å²) in [5.74, 6) is -0.249. The zero-order valence-electron chi connectivity index (χ0n) is 8.80. The number of hydrogen-bond acceptors (Lipinski definition) is 2. The highest BCUT2D eigenvalue weighted by Gasteiger charge is 2.05. The number of halogens is 2. The minimum absolute atomic E-state index is 0.0698. The smallest absolute Gasteiger partial charge is 0.150 e. The molecule has 86 valence electrons. The lowest BCUT2D eigenvalue weighted by Crippen LogP contribution is -2.24. The van der Waals surface area contributed by atoms with Gasteiger partial charge in [-0.2, -0.15) is 0 Å². The van der Waals surface area contributed by atoms with Crippen molar-refractivity contribution in [2.45, 2.75) is 6.42 Å². The maximum absolute atomic E-state index is 12.9. The lowest BCUT2D eigenvalue weighted by atomic mass is 10.1. The van der Waals surface area contributed by atoms with Crippen LogP contribution in [0.25, 0.3) is 0 Å². The number of benzene rings is 1. The summed E-state index contributed by atoms with van der Waals surface area (Å²) in [4.78, 5) is 11.5. The fourth-order valence-corrected chi connectivity index (χ4v) is 1.68. The second kappa shape index (κ2) is 6.55. The summed E-state index contributed by atoms with van der Waals surface area (Å²) in [7, 11) is 0. The molecule has 0 spiro atoms. The van der Waals surface area contributed by atoms with Crippen molar-refractivity contribution in [2.24, 2.45) is 0 Å². The van der Waals surface area contributed by atoms with E-state index in [1.54, 1.807) is 18.2 Å². The Morgan fingerprint density at radius 2 is 2.31 bits per heavy atom. The summed E-state index contributed by atoms with van der Waals surface area (Å²) in [6, 6.07) is 4.59. The van der Waals surface area contributed by atoms with E-state index in [0.717, 1.165) is 5.56 Å². The van der Waals surface area contributed by atoms with Crippen molar-refractivity contribution in [2.75, 3.05) is 13.1 Å². The molecule has 0 aliphatic carbocycles. The van der Waals surface area contributed by atoms with Gasteiger partial charge in [0, 0.05) is 13.0 Å². The van der Waals surface area contributed by atoms with Crippen LogP contribution in [0.5, 0.6) is 0 Å². The van der Waals surface area contributed by atoms with E-state index >= 15 is 0 Å². The SMILES string of the molecule is C=CCNCC(=O)Cc1ccc(F)c(Br)c1. The standard InChI is InChI=1S/C12H13BrFNO/c1-2-5-15-8-10(16)6-9-3-4-12(14)11(13)7-9/h2-4,7,15H,1,5-6,8H2. The molecule has 1 N–H and O–H groups in total. The van der Waals surface area contributed by atoms with Crippen molar-refractivity contribution in [1.82, 2.24) is 5.32 Å². The summed E-state index contributed by atoms with van der Waals surface area (Å²) in [6.45, 7) is 4.46. The highest BCUT2D eigenvalue weighted by molar-refractivity contribution is 9.10. The Balaban J connectivity index is 2.49. The maximum atomic E-state index is 12.9. The van der Waals surface area contributed by atoms with Gasteiger partial charge in [0.15, 0.2) is 5.78 Å². The average Bonchev–Trinajstić information content (AvgIpc) is 2.24.